The molecule has 1 heterocycles. The highest BCUT2D eigenvalue weighted by Crippen LogP contribution is 2.13. The van der Waals surface area contributed by atoms with E-state index in [0.717, 1.165) is 25.9 Å². The van der Waals surface area contributed by atoms with Gasteiger partial charge in [-0.3, -0.25) is 9.59 Å². The van der Waals surface area contributed by atoms with E-state index >= 15 is 0 Å². The van der Waals surface area contributed by atoms with E-state index in [1.807, 2.05) is 0 Å². The molecule has 0 bridgehead atoms. The van der Waals surface area contributed by atoms with Gasteiger partial charge in [-0.15, -0.1) is 0 Å². The number of hydrogen-bond donors (Lipinski definition) is 3. The SMILES string of the molecule is COCCNC(=O)CCNC(=O)CC1CCCNC1. The van der Waals surface area contributed by atoms with Crippen molar-refractivity contribution in [3.05, 3.63) is 0 Å². The zero-order chi connectivity index (χ0) is 13.9. The molecule has 0 aromatic carbocycles. The van der Waals surface area contributed by atoms with Crippen LogP contribution in [-0.4, -0.2) is 51.7 Å². The molecule has 0 aromatic heterocycles. The summed E-state index contributed by atoms with van der Waals surface area (Å²) in [5.41, 5.74) is 0. The summed E-state index contributed by atoms with van der Waals surface area (Å²) in [4.78, 5) is 23.0. The second-order valence-corrected chi connectivity index (χ2v) is 4.86. The number of nitrogens with one attached hydrogen (secondary N) is 3. The van der Waals surface area contributed by atoms with Crippen LogP contribution in [0.5, 0.6) is 0 Å². The average molecular weight is 271 g/mol. The third-order valence-corrected chi connectivity index (χ3v) is 3.18. The molecule has 0 saturated carbocycles. The van der Waals surface area contributed by atoms with Gasteiger partial charge in [-0.2, -0.15) is 0 Å². The highest BCUT2D eigenvalue weighted by molar-refractivity contribution is 5.79. The summed E-state index contributed by atoms with van der Waals surface area (Å²) < 4.78 is 4.83. The zero-order valence-electron chi connectivity index (χ0n) is 11.7. The van der Waals surface area contributed by atoms with Crippen LogP contribution in [0.15, 0.2) is 0 Å². The molecule has 2 amide bonds. The second kappa shape index (κ2) is 9.75. The zero-order valence-corrected chi connectivity index (χ0v) is 11.7. The summed E-state index contributed by atoms with van der Waals surface area (Å²) in [6.45, 7) is 3.40. The summed E-state index contributed by atoms with van der Waals surface area (Å²) in [5.74, 6) is 0.416. The van der Waals surface area contributed by atoms with Crippen LogP contribution in [-0.2, 0) is 14.3 Å². The number of amides is 2. The van der Waals surface area contributed by atoms with Gasteiger partial charge in [-0.1, -0.05) is 0 Å². The molecule has 0 aromatic rings. The van der Waals surface area contributed by atoms with E-state index in [1.165, 1.54) is 0 Å². The molecule has 0 spiro atoms. The second-order valence-electron chi connectivity index (χ2n) is 4.86. The smallest absolute Gasteiger partial charge is 0.221 e. The predicted octanol–water partition coefficient (Wildman–Crippen LogP) is -0.355. The molecule has 1 atom stereocenters. The topological polar surface area (TPSA) is 79.5 Å². The van der Waals surface area contributed by atoms with Crippen molar-refractivity contribution < 1.29 is 14.3 Å². The van der Waals surface area contributed by atoms with Crippen molar-refractivity contribution in [2.24, 2.45) is 5.92 Å². The summed E-state index contributed by atoms with van der Waals surface area (Å²) in [5, 5.41) is 8.79. The fourth-order valence-electron chi connectivity index (χ4n) is 2.13. The quantitative estimate of drug-likeness (QED) is 0.527. The maximum atomic E-state index is 11.7. The summed E-state index contributed by atoms with van der Waals surface area (Å²) >= 11 is 0. The molecule has 0 radical (unpaired) electrons. The minimum absolute atomic E-state index is 0.0402. The van der Waals surface area contributed by atoms with Crippen LogP contribution >= 0.6 is 0 Å². The monoisotopic (exact) mass is 271 g/mol. The average Bonchev–Trinajstić information content (AvgIpc) is 2.40. The number of hydrogen-bond acceptors (Lipinski definition) is 4. The fourth-order valence-corrected chi connectivity index (χ4v) is 2.13. The molecule has 1 unspecified atom stereocenters. The Labute approximate surface area is 114 Å². The van der Waals surface area contributed by atoms with Gasteiger partial charge < -0.3 is 20.7 Å². The minimum Gasteiger partial charge on any atom is -0.383 e. The normalized spacial score (nSPS) is 18.9. The Hall–Kier alpha value is -1.14. The van der Waals surface area contributed by atoms with Crippen molar-refractivity contribution >= 4 is 11.8 Å². The van der Waals surface area contributed by atoms with Gasteiger partial charge in [0.15, 0.2) is 0 Å². The maximum absolute atomic E-state index is 11.7. The van der Waals surface area contributed by atoms with Crippen molar-refractivity contribution in [2.75, 3.05) is 39.9 Å². The maximum Gasteiger partial charge on any atom is 0.221 e. The van der Waals surface area contributed by atoms with Gasteiger partial charge in [-0.25, -0.2) is 0 Å². The highest BCUT2D eigenvalue weighted by atomic mass is 16.5. The fraction of sp³-hybridized carbons (Fsp3) is 0.846. The third kappa shape index (κ3) is 7.79. The first kappa shape index (κ1) is 15.9. The molecule has 110 valence electrons. The number of piperidine rings is 1. The standard InChI is InChI=1S/C13H25N3O3/c1-19-8-7-16-12(17)4-6-15-13(18)9-11-3-2-5-14-10-11/h11,14H,2-10H2,1H3,(H,15,18)(H,16,17). The molecular formula is C13H25N3O3. The first-order chi connectivity index (χ1) is 9.22. The molecule has 3 N–H and O–H groups in total. The number of carbonyl (C=O) groups excluding carboxylic acids is 2. The van der Waals surface area contributed by atoms with Gasteiger partial charge in [0.05, 0.1) is 6.61 Å². The molecule has 1 rings (SSSR count). The van der Waals surface area contributed by atoms with Crippen LogP contribution in [0, 0.1) is 5.92 Å². The molecule has 6 heteroatoms. The van der Waals surface area contributed by atoms with E-state index in [4.69, 9.17) is 4.74 Å². The Bertz CT molecular complexity index is 278. The number of rotatable bonds is 8. The van der Waals surface area contributed by atoms with E-state index in [1.54, 1.807) is 7.11 Å². The Kier molecular flexibility index (Phi) is 8.16. The van der Waals surface area contributed by atoms with E-state index in [2.05, 4.69) is 16.0 Å². The lowest BCUT2D eigenvalue weighted by Crippen LogP contribution is -2.36. The predicted molar refractivity (Wildman–Crippen MR) is 72.7 cm³/mol. The van der Waals surface area contributed by atoms with Crippen LogP contribution in [0.4, 0.5) is 0 Å². The van der Waals surface area contributed by atoms with E-state index in [-0.39, 0.29) is 11.8 Å². The van der Waals surface area contributed by atoms with Gasteiger partial charge in [0, 0.05) is 33.0 Å². The van der Waals surface area contributed by atoms with Crippen LogP contribution in [0.1, 0.15) is 25.7 Å². The Morgan fingerprint density at radius 2 is 2.05 bits per heavy atom. The number of methoxy groups -OCH3 is 1. The van der Waals surface area contributed by atoms with E-state index in [0.29, 0.717) is 38.5 Å². The van der Waals surface area contributed by atoms with Crippen molar-refractivity contribution in [3.8, 4) is 0 Å². The van der Waals surface area contributed by atoms with Gasteiger partial charge in [0.2, 0.25) is 11.8 Å². The lowest BCUT2D eigenvalue weighted by molar-refractivity contribution is -0.123. The van der Waals surface area contributed by atoms with Crippen molar-refractivity contribution in [1.29, 1.82) is 0 Å². The van der Waals surface area contributed by atoms with Crippen molar-refractivity contribution in [3.63, 3.8) is 0 Å². The molecule has 19 heavy (non-hydrogen) atoms. The summed E-state index contributed by atoms with van der Waals surface area (Å²) in [6, 6.07) is 0. The van der Waals surface area contributed by atoms with Crippen LogP contribution < -0.4 is 16.0 Å². The Balaban J connectivity index is 2.01. The van der Waals surface area contributed by atoms with Crippen molar-refractivity contribution in [2.45, 2.75) is 25.7 Å². The largest absolute Gasteiger partial charge is 0.383 e. The molecule has 0 aliphatic carbocycles. The van der Waals surface area contributed by atoms with E-state index < -0.39 is 0 Å². The van der Waals surface area contributed by atoms with Gasteiger partial charge >= 0.3 is 0 Å². The van der Waals surface area contributed by atoms with Gasteiger partial charge in [-0.05, 0) is 31.8 Å². The Morgan fingerprint density at radius 3 is 2.74 bits per heavy atom. The van der Waals surface area contributed by atoms with E-state index in [9.17, 15) is 9.59 Å². The molecule has 1 saturated heterocycles. The lowest BCUT2D eigenvalue weighted by Gasteiger charge is -2.22. The first-order valence-electron chi connectivity index (χ1n) is 6.95. The van der Waals surface area contributed by atoms with Crippen LogP contribution in [0.3, 0.4) is 0 Å². The van der Waals surface area contributed by atoms with Crippen LogP contribution in [0.25, 0.3) is 0 Å². The molecule has 1 aliphatic rings. The molecule has 1 fully saturated rings. The number of ether oxygens (including phenoxy) is 1. The first-order valence-corrected chi connectivity index (χ1v) is 6.95. The van der Waals surface area contributed by atoms with Crippen LogP contribution in [0.2, 0.25) is 0 Å². The Morgan fingerprint density at radius 1 is 1.26 bits per heavy atom. The molecule has 6 nitrogen and oxygen atoms in total. The van der Waals surface area contributed by atoms with Gasteiger partial charge in [0.25, 0.3) is 0 Å². The minimum atomic E-state index is -0.0586. The lowest BCUT2D eigenvalue weighted by atomic mass is 9.96. The molecule has 1 aliphatic heterocycles. The van der Waals surface area contributed by atoms with Gasteiger partial charge in [0.1, 0.15) is 0 Å². The third-order valence-electron chi connectivity index (χ3n) is 3.18. The molecular weight excluding hydrogens is 246 g/mol. The summed E-state index contributed by atoms with van der Waals surface area (Å²) in [6.07, 6.45) is 3.12. The number of carbonyl (C=O) groups is 2. The van der Waals surface area contributed by atoms with Crippen molar-refractivity contribution in [1.82, 2.24) is 16.0 Å². The summed E-state index contributed by atoms with van der Waals surface area (Å²) in [7, 11) is 1.59. The highest BCUT2D eigenvalue weighted by Gasteiger charge is 2.16.